The van der Waals surface area contributed by atoms with Crippen molar-refractivity contribution in [3.8, 4) is 6.07 Å². The second-order valence-electron chi connectivity index (χ2n) is 4.44. The second-order valence-corrected chi connectivity index (χ2v) is 7.20. The number of hydrogen-bond donors (Lipinski definition) is 1. The van der Waals surface area contributed by atoms with Crippen molar-refractivity contribution in [3.63, 3.8) is 0 Å². The Labute approximate surface area is 125 Å². The van der Waals surface area contributed by atoms with Gasteiger partial charge in [-0.3, -0.25) is 0 Å². The van der Waals surface area contributed by atoms with E-state index < -0.39 is 10.0 Å². The molecule has 0 aromatic heterocycles. The Balaban J connectivity index is 2.40. The van der Waals surface area contributed by atoms with Crippen LogP contribution in [0.3, 0.4) is 0 Å². The molecule has 1 N–H and O–H groups in total. The van der Waals surface area contributed by atoms with Crippen molar-refractivity contribution >= 4 is 21.8 Å². The smallest absolute Gasteiger partial charge is 0.211 e. The normalized spacial score (nSPS) is 11.2. The maximum atomic E-state index is 12.0. The highest BCUT2D eigenvalue weighted by molar-refractivity contribution is 7.98. The quantitative estimate of drug-likeness (QED) is 0.712. The minimum absolute atomic E-state index is 0.152. The second kappa shape index (κ2) is 9.01. The summed E-state index contributed by atoms with van der Waals surface area (Å²) in [6.07, 6.45) is 6.26. The molecule has 0 aliphatic heterocycles. The third-order valence-corrected chi connectivity index (χ3v) is 5.00. The summed E-state index contributed by atoms with van der Waals surface area (Å²) in [4.78, 5) is 0.152. The van der Waals surface area contributed by atoms with E-state index in [9.17, 15) is 8.42 Å². The maximum absolute atomic E-state index is 12.0. The largest absolute Gasteiger partial charge is 0.240 e. The number of rotatable bonds is 9. The minimum Gasteiger partial charge on any atom is -0.211 e. The summed E-state index contributed by atoms with van der Waals surface area (Å²) < 4.78 is 26.6. The SMILES string of the molecule is CSCCCCCCNS(=O)(=O)c1cccc(C#N)c1. The first-order chi connectivity index (χ1) is 9.60. The van der Waals surface area contributed by atoms with Crippen LogP contribution < -0.4 is 4.72 Å². The Morgan fingerprint density at radius 2 is 2.00 bits per heavy atom. The molecule has 0 heterocycles. The number of thioether (sulfide) groups is 1. The van der Waals surface area contributed by atoms with Gasteiger partial charge in [-0.15, -0.1) is 0 Å². The number of unbranched alkanes of at least 4 members (excludes halogenated alkanes) is 3. The van der Waals surface area contributed by atoms with Crippen LogP contribution in [0.5, 0.6) is 0 Å². The predicted molar refractivity (Wildman–Crippen MR) is 83.2 cm³/mol. The molecule has 0 radical (unpaired) electrons. The van der Waals surface area contributed by atoms with Gasteiger partial charge >= 0.3 is 0 Å². The van der Waals surface area contributed by atoms with Crippen molar-refractivity contribution in [3.05, 3.63) is 29.8 Å². The summed E-state index contributed by atoms with van der Waals surface area (Å²) in [6.45, 7) is 0.443. The highest BCUT2D eigenvalue weighted by atomic mass is 32.2. The number of hydrogen-bond acceptors (Lipinski definition) is 4. The zero-order valence-corrected chi connectivity index (χ0v) is 13.3. The van der Waals surface area contributed by atoms with Gasteiger partial charge in [0.15, 0.2) is 0 Å². The minimum atomic E-state index is -3.50. The molecule has 0 amide bonds. The molecule has 6 heteroatoms. The fraction of sp³-hybridized carbons (Fsp3) is 0.500. The van der Waals surface area contributed by atoms with Gasteiger partial charge in [0.05, 0.1) is 16.5 Å². The standard InChI is InChI=1S/C14H20N2O2S2/c1-19-10-5-3-2-4-9-16-20(17,18)14-8-6-7-13(11-14)12-15/h6-8,11,16H,2-5,9-10H2,1H3. The van der Waals surface area contributed by atoms with Crippen LogP contribution in [0.15, 0.2) is 29.2 Å². The average molecular weight is 312 g/mol. The van der Waals surface area contributed by atoms with Crippen LogP contribution in [0.25, 0.3) is 0 Å². The number of nitrogens with one attached hydrogen (secondary N) is 1. The van der Waals surface area contributed by atoms with Crippen LogP contribution in [-0.2, 0) is 10.0 Å². The summed E-state index contributed by atoms with van der Waals surface area (Å²) in [5.41, 5.74) is 0.352. The molecule has 0 atom stereocenters. The molecular weight excluding hydrogens is 292 g/mol. The lowest BCUT2D eigenvalue weighted by Crippen LogP contribution is -2.24. The monoisotopic (exact) mass is 312 g/mol. The van der Waals surface area contributed by atoms with Crippen molar-refractivity contribution in [2.24, 2.45) is 0 Å². The van der Waals surface area contributed by atoms with Crippen molar-refractivity contribution in [1.29, 1.82) is 5.26 Å². The van der Waals surface area contributed by atoms with E-state index in [0.717, 1.165) is 25.0 Å². The third kappa shape index (κ3) is 5.95. The van der Waals surface area contributed by atoms with E-state index in [2.05, 4.69) is 11.0 Å². The first-order valence-corrected chi connectivity index (χ1v) is 9.46. The van der Waals surface area contributed by atoms with Gasteiger partial charge in [-0.1, -0.05) is 18.9 Å². The topological polar surface area (TPSA) is 70.0 Å². The molecule has 0 saturated carbocycles. The molecule has 4 nitrogen and oxygen atoms in total. The number of nitriles is 1. The molecule has 0 spiro atoms. The van der Waals surface area contributed by atoms with Gasteiger partial charge in [0, 0.05) is 6.54 Å². The Bertz CT molecular complexity index is 551. The zero-order chi connectivity index (χ0) is 14.8. The van der Waals surface area contributed by atoms with E-state index in [1.165, 1.54) is 18.6 Å². The van der Waals surface area contributed by atoms with Crippen LogP contribution in [0.1, 0.15) is 31.2 Å². The summed E-state index contributed by atoms with van der Waals surface area (Å²) in [5, 5.41) is 8.78. The van der Waals surface area contributed by atoms with Gasteiger partial charge in [-0.2, -0.15) is 17.0 Å². The summed E-state index contributed by atoms with van der Waals surface area (Å²) in [6, 6.07) is 8.00. The van der Waals surface area contributed by atoms with Crippen molar-refractivity contribution in [1.82, 2.24) is 4.72 Å². The molecule has 0 bridgehead atoms. The highest BCUT2D eigenvalue weighted by Gasteiger charge is 2.13. The summed E-state index contributed by atoms with van der Waals surface area (Å²) >= 11 is 1.83. The molecule has 0 aliphatic rings. The van der Waals surface area contributed by atoms with E-state index in [0.29, 0.717) is 12.1 Å². The number of nitrogens with zero attached hydrogens (tertiary/aromatic N) is 1. The maximum Gasteiger partial charge on any atom is 0.240 e. The molecular formula is C14H20N2O2S2. The molecule has 1 aromatic rings. The molecule has 20 heavy (non-hydrogen) atoms. The molecule has 1 rings (SSSR count). The lowest BCUT2D eigenvalue weighted by molar-refractivity contribution is 0.574. The van der Waals surface area contributed by atoms with Crippen molar-refractivity contribution < 1.29 is 8.42 Å². The van der Waals surface area contributed by atoms with Crippen LogP contribution >= 0.6 is 11.8 Å². The fourth-order valence-electron chi connectivity index (χ4n) is 1.75. The van der Waals surface area contributed by atoms with E-state index in [4.69, 9.17) is 5.26 Å². The van der Waals surface area contributed by atoms with E-state index in [1.807, 2.05) is 17.8 Å². The number of benzene rings is 1. The van der Waals surface area contributed by atoms with E-state index >= 15 is 0 Å². The molecule has 0 saturated heterocycles. The van der Waals surface area contributed by atoms with Gasteiger partial charge in [0.1, 0.15) is 0 Å². The number of sulfonamides is 1. The molecule has 0 unspecified atom stereocenters. The summed E-state index contributed by atoms with van der Waals surface area (Å²) in [5.74, 6) is 1.16. The first-order valence-electron chi connectivity index (χ1n) is 6.59. The molecule has 0 fully saturated rings. The van der Waals surface area contributed by atoms with Gasteiger partial charge in [-0.05, 0) is 43.0 Å². The van der Waals surface area contributed by atoms with E-state index in [-0.39, 0.29) is 4.90 Å². The van der Waals surface area contributed by atoms with Crippen molar-refractivity contribution in [2.45, 2.75) is 30.6 Å². The summed E-state index contributed by atoms with van der Waals surface area (Å²) in [7, 11) is -3.50. The van der Waals surface area contributed by atoms with E-state index in [1.54, 1.807) is 12.1 Å². The van der Waals surface area contributed by atoms with Crippen LogP contribution in [-0.4, -0.2) is 27.0 Å². The third-order valence-electron chi connectivity index (χ3n) is 2.84. The highest BCUT2D eigenvalue weighted by Crippen LogP contribution is 2.11. The van der Waals surface area contributed by atoms with Gasteiger partial charge in [0.25, 0.3) is 0 Å². The van der Waals surface area contributed by atoms with Crippen LogP contribution in [0.2, 0.25) is 0 Å². The fourth-order valence-corrected chi connectivity index (χ4v) is 3.36. The Morgan fingerprint density at radius 1 is 1.25 bits per heavy atom. The Hall–Kier alpha value is -1.03. The van der Waals surface area contributed by atoms with Gasteiger partial charge < -0.3 is 0 Å². The predicted octanol–water partition coefficient (Wildman–Crippen LogP) is 2.76. The lowest BCUT2D eigenvalue weighted by atomic mass is 10.2. The average Bonchev–Trinajstić information content (AvgIpc) is 2.46. The zero-order valence-electron chi connectivity index (χ0n) is 11.6. The van der Waals surface area contributed by atoms with Gasteiger partial charge in [0.2, 0.25) is 10.0 Å². The Kier molecular flexibility index (Phi) is 7.67. The van der Waals surface area contributed by atoms with Crippen molar-refractivity contribution in [2.75, 3.05) is 18.6 Å². The Morgan fingerprint density at radius 3 is 2.70 bits per heavy atom. The lowest BCUT2D eigenvalue weighted by Gasteiger charge is -2.07. The van der Waals surface area contributed by atoms with Crippen LogP contribution in [0.4, 0.5) is 0 Å². The van der Waals surface area contributed by atoms with Crippen LogP contribution in [0, 0.1) is 11.3 Å². The molecule has 110 valence electrons. The molecule has 0 aliphatic carbocycles. The van der Waals surface area contributed by atoms with Gasteiger partial charge in [-0.25, -0.2) is 13.1 Å². The molecule has 1 aromatic carbocycles. The first kappa shape index (κ1) is 17.0.